The zero-order valence-electron chi connectivity index (χ0n) is 12.5. The molecule has 3 rings (SSSR count). The topological polar surface area (TPSA) is 41.1 Å². The van der Waals surface area contributed by atoms with E-state index in [-0.39, 0.29) is 0 Å². The third-order valence-corrected chi connectivity index (χ3v) is 3.80. The van der Waals surface area contributed by atoms with Gasteiger partial charge >= 0.3 is 0 Å². The van der Waals surface area contributed by atoms with Crippen molar-refractivity contribution in [3.8, 4) is 17.3 Å². The van der Waals surface area contributed by atoms with Gasteiger partial charge in [-0.2, -0.15) is 5.26 Å². The number of nitriles is 1. The maximum absolute atomic E-state index is 9.49. The number of imidazole rings is 1. The largest absolute Gasteiger partial charge is 0.291 e. The predicted molar refractivity (Wildman–Crippen MR) is 84.2 cm³/mol. The molecule has 104 valence electrons. The minimum Gasteiger partial charge on any atom is -0.291 e. The summed E-state index contributed by atoms with van der Waals surface area (Å²) in [5, 5.41) is 9.49. The standard InChI is InChI=1S/C18H17N3/c1-12(2)14-6-8-15(9-7-14)17-16(11-19)21-10-4-5-13(3)18(21)20-17/h4-10,12H,1-3H3. The van der Waals surface area contributed by atoms with Gasteiger partial charge in [-0.15, -0.1) is 0 Å². The Kier molecular flexibility index (Phi) is 3.23. The molecule has 2 heterocycles. The number of hydrogen-bond donors (Lipinski definition) is 0. The van der Waals surface area contributed by atoms with Gasteiger partial charge in [0, 0.05) is 11.8 Å². The molecule has 2 aromatic heterocycles. The summed E-state index contributed by atoms with van der Waals surface area (Å²) in [5.41, 5.74) is 5.53. The third-order valence-electron chi connectivity index (χ3n) is 3.80. The van der Waals surface area contributed by atoms with Gasteiger partial charge in [0.2, 0.25) is 0 Å². The van der Waals surface area contributed by atoms with Crippen molar-refractivity contribution in [3.63, 3.8) is 0 Å². The van der Waals surface area contributed by atoms with Crippen LogP contribution >= 0.6 is 0 Å². The van der Waals surface area contributed by atoms with Crippen LogP contribution in [0.1, 0.15) is 36.6 Å². The molecule has 3 nitrogen and oxygen atoms in total. The van der Waals surface area contributed by atoms with Crippen LogP contribution in [-0.2, 0) is 0 Å². The molecule has 0 radical (unpaired) electrons. The second kappa shape index (κ2) is 5.06. The zero-order valence-corrected chi connectivity index (χ0v) is 12.5. The summed E-state index contributed by atoms with van der Waals surface area (Å²) in [7, 11) is 0. The average Bonchev–Trinajstić information content (AvgIpc) is 2.87. The first-order chi connectivity index (χ1) is 10.1. The van der Waals surface area contributed by atoms with Crippen LogP contribution < -0.4 is 0 Å². The Balaban J connectivity index is 2.20. The van der Waals surface area contributed by atoms with Crippen molar-refractivity contribution in [1.82, 2.24) is 9.38 Å². The summed E-state index contributed by atoms with van der Waals surface area (Å²) in [6.45, 7) is 6.35. The minimum absolute atomic E-state index is 0.498. The highest BCUT2D eigenvalue weighted by molar-refractivity contribution is 5.70. The molecular formula is C18H17N3. The van der Waals surface area contributed by atoms with Gasteiger partial charge in [-0.05, 0) is 30.0 Å². The lowest BCUT2D eigenvalue weighted by Crippen LogP contribution is -1.90. The van der Waals surface area contributed by atoms with E-state index in [0.29, 0.717) is 11.6 Å². The van der Waals surface area contributed by atoms with Gasteiger partial charge in [0.05, 0.1) is 0 Å². The molecule has 0 saturated heterocycles. The molecule has 0 N–H and O–H groups in total. The van der Waals surface area contributed by atoms with E-state index in [1.807, 2.05) is 41.8 Å². The summed E-state index contributed by atoms with van der Waals surface area (Å²) >= 11 is 0. The van der Waals surface area contributed by atoms with Gasteiger partial charge in [0.15, 0.2) is 5.69 Å². The van der Waals surface area contributed by atoms with Crippen molar-refractivity contribution in [2.45, 2.75) is 26.7 Å². The molecular weight excluding hydrogens is 258 g/mol. The third kappa shape index (κ3) is 2.19. The SMILES string of the molecule is Cc1cccn2c(C#N)c(-c3ccc(C(C)C)cc3)nc12. The number of hydrogen-bond acceptors (Lipinski definition) is 2. The molecule has 1 aromatic carbocycles. The van der Waals surface area contributed by atoms with Crippen molar-refractivity contribution in [2.75, 3.05) is 0 Å². The summed E-state index contributed by atoms with van der Waals surface area (Å²) in [6.07, 6.45) is 1.89. The van der Waals surface area contributed by atoms with E-state index >= 15 is 0 Å². The Morgan fingerprint density at radius 2 is 1.86 bits per heavy atom. The molecule has 0 atom stereocenters. The van der Waals surface area contributed by atoms with Crippen molar-refractivity contribution in [3.05, 3.63) is 59.4 Å². The maximum Gasteiger partial charge on any atom is 0.152 e. The zero-order chi connectivity index (χ0) is 15.0. The Hall–Kier alpha value is -2.60. The quantitative estimate of drug-likeness (QED) is 0.699. The van der Waals surface area contributed by atoms with Crippen LogP contribution in [0.3, 0.4) is 0 Å². The molecule has 0 aliphatic carbocycles. The first kappa shape index (κ1) is 13.4. The predicted octanol–water partition coefficient (Wildman–Crippen LogP) is 4.30. The van der Waals surface area contributed by atoms with Crippen molar-refractivity contribution in [1.29, 1.82) is 5.26 Å². The Morgan fingerprint density at radius 1 is 1.14 bits per heavy atom. The van der Waals surface area contributed by atoms with Gasteiger partial charge in [-0.25, -0.2) is 4.98 Å². The molecule has 3 aromatic rings. The molecule has 0 aliphatic heterocycles. The van der Waals surface area contributed by atoms with E-state index in [9.17, 15) is 5.26 Å². The number of aromatic nitrogens is 2. The molecule has 0 aliphatic rings. The molecule has 0 saturated carbocycles. The van der Waals surface area contributed by atoms with Crippen LogP contribution in [0.25, 0.3) is 16.9 Å². The second-order valence-electron chi connectivity index (χ2n) is 5.58. The van der Waals surface area contributed by atoms with E-state index in [1.165, 1.54) is 5.56 Å². The van der Waals surface area contributed by atoms with Crippen LogP contribution in [0.4, 0.5) is 0 Å². The first-order valence-corrected chi connectivity index (χ1v) is 7.10. The number of benzene rings is 1. The number of fused-ring (bicyclic) bond motifs is 1. The molecule has 0 amide bonds. The molecule has 21 heavy (non-hydrogen) atoms. The Labute approximate surface area is 124 Å². The highest BCUT2D eigenvalue weighted by Crippen LogP contribution is 2.26. The van der Waals surface area contributed by atoms with Crippen LogP contribution in [-0.4, -0.2) is 9.38 Å². The van der Waals surface area contributed by atoms with Gasteiger partial charge in [0.1, 0.15) is 17.4 Å². The molecule has 3 heteroatoms. The Morgan fingerprint density at radius 3 is 2.48 bits per heavy atom. The number of aryl methyl sites for hydroxylation is 1. The van der Waals surface area contributed by atoms with Crippen molar-refractivity contribution >= 4 is 5.65 Å². The molecule has 0 fully saturated rings. The smallest absolute Gasteiger partial charge is 0.152 e. The van der Waals surface area contributed by atoms with Crippen molar-refractivity contribution < 1.29 is 0 Å². The second-order valence-corrected chi connectivity index (χ2v) is 5.58. The molecule has 0 bridgehead atoms. The van der Waals surface area contributed by atoms with Crippen LogP contribution in [0.2, 0.25) is 0 Å². The van der Waals surface area contributed by atoms with E-state index in [2.05, 4.69) is 37.0 Å². The van der Waals surface area contributed by atoms with Crippen molar-refractivity contribution in [2.24, 2.45) is 0 Å². The normalized spacial score (nSPS) is 11.0. The van der Waals surface area contributed by atoms with Crippen LogP contribution in [0.5, 0.6) is 0 Å². The lowest BCUT2D eigenvalue weighted by molar-refractivity contribution is 0.867. The lowest BCUT2D eigenvalue weighted by Gasteiger charge is -2.05. The summed E-state index contributed by atoms with van der Waals surface area (Å²) in [4.78, 5) is 4.67. The fraction of sp³-hybridized carbons (Fsp3) is 0.222. The fourth-order valence-corrected chi connectivity index (χ4v) is 2.54. The van der Waals surface area contributed by atoms with Crippen LogP contribution in [0.15, 0.2) is 42.6 Å². The van der Waals surface area contributed by atoms with E-state index in [1.54, 1.807) is 0 Å². The van der Waals surface area contributed by atoms with Gasteiger partial charge in [0.25, 0.3) is 0 Å². The van der Waals surface area contributed by atoms with E-state index in [0.717, 1.165) is 22.5 Å². The maximum atomic E-state index is 9.49. The number of rotatable bonds is 2. The minimum atomic E-state index is 0.498. The van der Waals surface area contributed by atoms with Gasteiger partial charge in [-0.3, -0.25) is 4.40 Å². The van der Waals surface area contributed by atoms with Crippen LogP contribution in [0, 0.1) is 18.3 Å². The summed E-state index contributed by atoms with van der Waals surface area (Å²) < 4.78 is 1.86. The van der Waals surface area contributed by atoms with E-state index in [4.69, 9.17) is 0 Å². The summed E-state index contributed by atoms with van der Waals surface area (Å²) in [5.74, 6) is 0.498. The average molecular weight is 275 g/mol. The number of pyridine rings is 1. The monoisotopic (exact) mass is 275 g/mol. The first-order valence-electron chi connectivity index (χ1n) is 7.10. The number of nitrogens with zero attached hydrogens (tertiary/aromatic N) is 3. The van der Waals surface area contributed by atoms with E-state index < -0.39 is 0 Å². The fourth-order valence-electron chi connectivity index (χ4n) is 2.54. The highest BCUT2D eigenvalue weighted by atomic mass is 15.0. The van der Waals surface area contributed by atoms with Gasteiger partial charge in [-0.1, -0.05) is 44.2 Å². The Bertz CT molecular complexity index is 833. The summed E-state index contributed by atoms with van der Waals surface area (Å²) in [6, 6.07) is 14.5. The molecule has 0 spiro atoms. The molecule has 0 unspecified atom stereocenters. The highest BCUT2D eigenvalue weighted by Gasteiger charge is 2.14. The van der Waals surface area contributed by atoms with Gasteiger partial charge < -0.3 is 0 Å². The lowest BCUT2D eigenvalue weighted by atomic mass is 10.0.